The second kappa shape index (κ2) is 10.3. The Hall–Kier alpha value is -0.860. The van der Waals surface area contributed by atoms with E-state index in [4.69, 9.17) is 4.74 Å². The Kier molecular flexibility index (Phi) is 8.45. The van der Waals surface area contributed by atoms with Gasteiger partial charge in [-0.05, 0) is 25.7 Å². The van der Waals surface area contributed by atoms with Crippen molar-refractivity contribution in [3.05, 3.63) is 0 Å². The summed E-state index contributed by atoms with van der Waals surface area (Å²) in [6, 6.07) is 1.29. The van der Waals surface area contributed by atoms with Crippen LogP contribution in [0.3, 0.4) is 0 Å². The fraction of sp³-hybridized carbons (Fsp3) is 0.941. The van der Waals surface area contributed by atoms with E-state index in [1.165, 1.54) is 45.0 Å². The van der Waals surface area contributed by atoms with Crippen LogP contribution in [0.2, 0.25) is 0 Å². The van der Waals surface area contributed by atoms with Gasteiger partial charge in [0.2, 0.25) is 0 Å². The molecule has 0 aromatic rings. The van der Waals surface area contributed by atoms with Crippen molar-refractivity contribution in [2.75, 3.05) is 51.9 Å². The first-order valence-electron chi connectivity index (χ1n) is 9.44. The quantitative estimate of drug-likeness (QED) is 0.368. The molecule has 8 heteroatoms. The number of piperidine rings is 1. The van der Waals surface area contributed by atoms with Crippen molar-refractivity contribution in [3.8, 4) is 0 Å². The third-order valence-corrected chi connectivity index (χ3v) is 5.98. The van der Waals surface area contributed by atoms with Crippen LogP contribution in [0.5, 0.6) is 0 Å². The summed E-state index contributed by atoms with van der Waals surface area (Å²) in [6.07, 6.45) is 9.07. The van der Waals surface area contributed by atoms with Gasteiger partial charge in [0.25, 0.3) is 0 Å². The molecule has 2 rings (SSSR count). The summed E-state index contributed by atoms with van der Waals surface area (Å²) in [6.45, 7) is 3.68. The first-order chi connectivity index (χ1) is 12.0. The molecule has 0 aromatic heterocycles. The molecular formula is C17H34N4O3S. The maximum Gasteiger partial charge on any atom is 0.191 e. The highest BCUT2D eigenvalue weighted by molar-refractivity contribution is 7.90. The lowest BCUT2D eigenvalue weighted by atomic mass is 10.0. The second-order valence-electron chi connectivity index (χ2n) is 7.13. The Morgan fingerprint density at radius 2 is 1.84 bits per heavy atom. The van der Waals surface area contributed by atoms with Gasteiger partial charge < -0.3 is 20.3 Å². The van der Waals surface area contributed by atoms with Crippen molar-refractivity contribution in [1.29, 1.82) is 0 Å². The van der Waals surface area contributed by atoms with Crippen molar-refractivity contribution < 1.29 is 13.2 Å². The monoisotopic (exact) mass is 374 g/mol. The molecule has 1 aliphatic carbocycles. The fourth-order valence-corrected chi connectivity index (χ4v) is 4.04. The molecule has 1 saturated carbocycles. The lowest BCUT2D eigenvalue weighted by molar-refractivity contribution is 0.148. The van der Waals surface area contributed by atoms with Gasteiger partial charge in [-0.3, -0.25) is 4.99 Å². The summed E-state index contributed by atoms with van der Waals surface area (Å²) in [7, 11) is -1.18. The lowest BCUT2D eigenvalue weighted by Gasteiger charge is -2.36. The van der Waals surface area contributed by atoms with Crippen LogP contribution in [-0.2, 0) is 14.6 Å². The number of ether oxygens (including phenoxy) is 1. The van der Waals surface area contributed by atoms with Crippen LogP contribution in [-0.4, -0.2) is 83.3 Å². The minimum Gasteiger partial charge on any atom is -0.379 e. The molecule has 2 N–H and O–H groups in total. The molecule has 25 heavy (non-hydrogen) atoms. The highest BCUT2D eigenvalue weighted by Gasteiger charge is 2.27. The minimum absolute atomic E-state index is 0.0690. The van der Waals surface area contributed by atoms with Gasteiger partial charge in [0, 0.05) is 45.0 Å². The standard InChI is InChI=1S/C17H34N4O3S/c1-18-17(19-9-12-24-13-14-25(2,22)23)20-15-7-10-21(11-8-15)16-5-3-4-6-16/h15-16H,3-14H2,1-2H3,(H2,18,19,20). The molecule has 7 nitrogen and oxygen atoms in total. The predicted octanol–water partition coefficient (Wildman–Crippen LogP) is 0.620. The van der Waals surface area contributed by atoms with E-state index >= 15 is 0 Å². The number of rotatable bonds is 8. The van der Waals surface area contributed by atoms with Crippen LogP contribution < -0.4 is 10.6 Å². The van der Waals surface area contributed by atoms with Gasteiger partial charge in [0.15, 0.2) is 5.96 Å². The summed E-state index contributed by atoms with van der Waals surface area (Å²) in [5.41, 5.74) is 0. The number of sulfone groups is 1. The molecular weight excluding hydrogens is 340 g/mol. The predicted molar refractivity (Wildman–Crippen MR) is 102 cm³/mol. The summed E-state index contributed by atoms with van der Waals surface area (Å²) in [4.78, 5) is 6.93. The Morgan fingerprint density at radius 3 is 2.44 bits per heavy atom. The maximum atomic E-state index is 11.0. The van der Waals surface area contributed by atoms with Gasteiger partial charge in [0.1, 0.15) is 9.84 Å². The first kappa shape index (κ1) is 20.5. The van der Waals surface area contributed by atoms with E-state index in [9.17, 15) is 8.42 Å². The van der Waals surface area contributed by atoms with Crippen molar-refractivity contribution >= 4 is 15.8 Å². The van der Waals surface area contributed by atoms with Crippen LogP contribution in [0.25, 0.3) is 0 Å². The van der Waals surface area contributed by atoms with Crippen molar-refractivity contribution in [3.63, 3.8) is 0 Å². The number of nitrogens with zero attached hydrogens (tertiary/aromatic N) is 2. The first-order valence-corrected chi connectivity index (χ1v) is 11.5. The molecule has 0 radical (unpaired) electrons. The third kappa shape index (κ3) is 7.92. The molecule has 0 bridgehead atoms. The van der Waals surface area contributed by atoms with Crippen LogP contribution in [0.15, 0.2) is 4.99 Å². The van der Waals surface area contributed by atoms with E-state index in [1.54, 1.807) is 7.05 Å². The fourth-order valence-electron chi connectivity index (χ4n) is 3.62. The number of guanidine groups is 1. The van der Waals surface area contributed by atoms with E-state index in [-0.39, 0.29) is 12.4 Å². The number of likely N-dealkylation sites (tertiary alicyclic amines) is 1. The highest BCUT2D eigenvalue weighted by atomic mass is 32.2. The van der Waals surface area contributed by atoms with E-state index in [0.717, 1.165) is 24.8 Å². The molecule has 1 aliphatic heterocycles. The summed E-state index contributed by atoms with van der Waals surface area (Å²) in [5, 5.41) is 6.72. The van der Waals surface area contributed by atoms with Crippen LogP contribution in [0.1, 0.15) is 38.5 Å². The Labute approximate surface area is 152 Å². The van der Waals surface area contributed by atoms with Gasteiger partial charge in [-0.2, -0.15) is 0 Å². The van der Waals surface area contributed by atoms with Crippen molar-refractivity contribution in [2.24, 2.45) is 4.99 Å². The van der Waals surface area contributed by atoms with E-state index in [2.05, 4.69) is 20.5 Å². The normalized spacial score (nSPS) is 21.6. The van der Waals surface area contributed by atoms with E-state index < -0.39 is 9.84 Å². The number of hydrogen-bond acceptors (Lipinski definition) is 5. The zero-order chi connectivity index (χ0) is 18.1. The zero-order valence-corrected chi connectivity index (χ0v) is 16.5. The van der Waals surface area contributed by atoms with Gasteiger partial charge in [0.05, 0.1) is 19.0 Å². The maximum absolute atomic E-state index is 11.0. The number of aliphatic imine (C=N–C) groups is 1. The topological polar surface area (TPSA) is 83.0 Å². The smallest absolute Gasteiger partial charge is 0.191 e. The summed E-state index contributed by atoms with van der Waals surface area (Å²) < 4.78 is 27.4. The van der Waals surface area contributed by atoms with Gasteiger partial charge >= 0.3 is 0 Å². The molecule has 0 amide bonds. The molecule has 0 unspecified atom stereocenters. The van der Waals surface area contributed by atoms with Crippen LogP contribution in [0, 0.1) is 0 Å². The third-order valence-electron chi connectivity index (χ3n) is 5.07. The van der Waals surface area contributed by atoms with Gasteiger partial charge in [-0.15, -0.1) is 0 Å². The molecule has 0 atom stereocenters. The van der Waals surface area contributed by atoms with E-state index in [1.807, 2.05) is 0 Å². The average Bonchev–Trinajstić information content (AvgIpc) is 3.11. The minimum atomic E-state index is -2.95. The summed E-state index contributed by atoms with van der Waals surface area (Å²) in [5.74, 6) is 0.866. The van der Waals surface area contributed by atoms with E-state index in [0.29, 0.717) is 19.2 Å². The molecule has 1 saturated heterocycles. The second-order valence-corrected chi connectivity index (χ2v) is 9.39. The molecule has 2 fully saturated rings. The molecule has 1 heterocycles. The van der Waals surface area contributed by atoms with Crippen molar-refractivity contribution in [2.45, 2.75) is 50.6 Å². The van der Waals surface area contributed by atoms with Gasteiger partial charge in [-0.25, -0.2) is 8.42 Å². The SMILES string of the molecule is CN=C(NCCOCCS(C)(=O)=O)NC1CCN(C2CCCC2)CC1. The number of nitrogens with one attached hydrogen (secondary N) is 2. The average molecular weight is 375 g/mol. The Balaban J connectivity index is 1.57. The van der Waals surface area contributed by atoms with Crippen LogP contribution in [0.4, 0.5) is 0 Å². The molecule has 2 aliphatic rings. The Bertz CT molecular complexity index is 510. The lowest BCUT2D eigenvalue weighted by Crippen LogP contribution is -2.50. The molecule has 0 spiro atoms. The molecule has 0 aromatic carbocycles. The largest absolute Gasteiger partial charge is 0.379 e. The number of hydrogen-bond donors (Lipinski definition) is 2. The highest BCUT2D eigenvalue weighted by Crippen LogP contribution is 2.26. The molecule has 146 valence electrons. The van der Waals surface area contributed by atoms with Crippen LogP contribution >= 0.6 is 0 Å². The van der Waals surface area contributed by atoms with Gasteiger partial charge in [-0.1, -0.05) is 12.8 Å². The van der Waals surface area contributed by atoms with Crippen molar-refractivity contribution in [1.82, 2.24) is 15.5 Å². The Morgan fingerprint density at radius 1 is 1.16 bits per heavy atom. The zero-order valence-electron chi connectivity index (χ0n) is 15.7. The summed E-state index contributed by atoms with van der Waals surface area (Å²) >= 11 is 0.